The van der Waals surface area contributed by atoms with Crippen molar-refractivity contribution in [1.82, 2.24) is 0 Å². The molecule has 5 heteroatoms. The van der Waals surface area contributed by atoms with Gasteiger partial charge in [-0.2, -0.15) is 0 Å². The van der Waals surface area contributed by atoms with Crippen LogP contribution in [0.1, 0.15) is 13.3 Å². The van der Waals surface area contributed by atoms with Gasteiger partial charge >= 0.3 is 0 Å². The summed E-state index contributed by atoms with van der Waals surface area (Å²) in [5.41, 5.74) is 5.78. The molecule has 0 aliphatic carbocycles. The van der Waals surface area contributed by atoms with Gasteiger partial charge in [-0.3, -0.25) is 14.5 Å². The van der Waals surface area contributed by atoms with E-state index in [0.29, 0.717) is 12.1 Å². The molecule has 0 bridgehead atoms. The number of amides is 2. The third-order valence-electron chi connectivity index (χ3n) is 2.98. The molecule has 2 atom stereocenters. The van der Waals surface area contributed by atoms with Crippen molar-refractivity contribution in [3.05, 3.63) is 30.1 Å². The largest absolute Gasteiger partial charge is 0.368 e. The zero-order valence-corrected chi connectivity index (χ0v) is 9.39. The molecule has 0 saturated carbocycles. The first-order valence-corrected chi connectivity index (χ1v) is 5.38. The highest BCUT2D eigenvalue weighted by atomic mass is 19.1. The normalized spacial score (nSPS) is 24.1. The summed E-state index contributed by atoms with van der Waals surface area (Å²) < 4.78 is 12.8. The summed E-state index contributed by atoms with van der Waals surface area (Å²) in [6.45, 7) is 1.75. The first kappa shape index (κ1) is 11.6. The predicted molar refractivity (Wildman–Crippen MR) is 60.6 cm³/mol. The van der Waals surface area contributed by atoms with Gasteiger partial charge in [0.25, 0.3) is 0 Å². The van der Waals surface area contributed by atoms with Gasteiger partial charge < -0.3 is 5.73 Å². The fourth-order valence-electron chi connectivity index (χ4n) is 2.08. The van der Waals surface area contributed by atoms with Crippen LogP contribution in [-0.2, 0) is 9.59 Å². The minimum Gasteiger partial charge on any atom is -0.368 e. The lowest BCUT2D eigenvalue weighted by Gasteiger charge is -2.22. The second-order valence-corrected chi connectivity index (χ2v) is 4.24. The number of rotatable bonds is 2. The van der Waals surface area contributed by atoms with Crippen LogP contribution < -0.4 is 10.6 Å². The third kappa shape index (κ3) is 2.00. The quantitative estimate of drug-likeness (QED) is 0.834. The molecule has 2 N–H and O–H groups in total. The lowest BCUT2D eigenvalue weighted by Crippen LogP contribution is -2.42. The lowest BCUT2D eigenvalue weighted by molar-refractivity contribution is -0.122. The fourth-order valence-corrected chi connectivity index (χ4v) is 2.08. The Kier molecular flexibility index (Phi) is 2.83. The molecule has 1 aromatic rings. The fraction of sp³-hybridized carbons (Fsp3) is 0.333. The van der Waals surface area contributed by atoms with Crippen molar-refractivity contribution >= 4 is 17.5 Å². The van der Waals surface area contributed by atoms with Gasteiger partial charge in [0.1, 0.15) is 11.9 Å². The van der Waals surface area contributed by atoms with E-state index in [0.717, 1.165) is 0 Å². The number of anilines is 1. The van der Waals surface area contributed by atoms with E-state index in [9.17, 15) is 14.0 Å². The SMILES string of the molecule is C[C@H]1C[C@H](C(N)=O)N(c2ccc(F)cc2)C1=O. The van der Waals surface area contributed by atoms with Gasteiger partial charge in [-0.15, -0.1) is 0 Å². The topological polar surface area (TPSA) is 63.4 Å². The molecule has 0 aromatic heterocycles. The molecule has 1 heterocycles. The Morgan fingerprint density at radius 3 is 2.53 bits per heavy atom. The van der Waals surface area contributed by atoms with Crippen molar-refractivity contribution in [3.63, 3.8) is 0 Å². The van der Waals surface area contributed by atoms with Crippen LogP contribution in [-0.4, -0.2) is 17.9 Å². The van der Waals surface area contributed by atoms with E-state index in [1.54, 1.807) is 6.92 Å². The number of carbonyl (C=O) groups is 2. The number of hydrogen-bond acceptors (Lipinski definition) is 2. The van der Waals surface area contributed by atoms with Gasteiger partial charge in [-0.1, -0.05) is 6.92 Å². The van der Waals surface area contributed by atoms with Crippen LogP contribution in [0.3, 0.4) is 0 Å². The van der Waals surface area contributed by atoms with E-state index in [-0.39, 0.29) is 17.6 Å². The van der Waals surface area contributed by atoms with Crippen LogP contribution >= 0.6 is 0 Å². The Balaban J connectivity index is 2.37. The molecule has 0 radical (unpaired) electrons. The van der Waals surface area contributed by atoms with Crippen molar-refractivity contribution in [1.29, 1.82) is 0 Å². The number of nitrogens with zero attached hydrogens (tertiary/aromatic N) is 1. The number of carbonyl (C=O) groups excluding carboxylic acids is 2. The number of nitrogens with two attached hydrogens (primary N) is 1. The van der Waals surface area contributed by atoms with Gasteiger partial charge in [0.15, 0.2) is 0 Å². The number of primary amides is 1. The van der Waals surface area contributed by atoms with E-state index < -0.39 is 11.9 Å². The number of hydrogen-bond donors (Lipinski definition) is 1. The van der Waals surface area contributed by atoms with Gasteiger partial charge in [0, 0.05) is 11.6 Å². The smallest absolute Gasteiger partial charge is 0.240 e. The first-order valence-electron chi connectivity index (χ1n) is 5.38. The molecule has 4 nitrogen and oxygen atoms in total. The summed E-state index contributed by atoms with van der Waals surface area (Å²) >= 11 is 0. The summed E-state index contributed by atoms with van der Waals surface area (Å²) in [6.07, 6.45) is 0.408. The highest BCUT2D eigenvalue weighted by molar-refractivity contribution is 6.04. The van der Waals surface area contributed by atoms with Crippen LogP contribution in [0.2, 0.25) is 0 Å². The van der Waals surface area contributed by atoms with Crippen LogP contribution in [0.5, 0.6) is 0 Å². The highest BCUT2D eigenvalue weighted by Crippen LogP contribution is 2.30. The molecule has 1 aromatic carbocycles. The van der Waals surface area contributed by atoms with E-state index >= 15 is 0 Å². The molecule has 17 heavy (non-hydrogen) atoms. The molecule has 2 rings (SSSR count). The Hall–Kier alpha value is -1.91. The minimum atomic E-state index is -0.636. The monoisotopic (exact) mass is 236 g/mol. The van der Waals surface area contributed by atoms with Crippen LogP contribution in [0.4, 0.5) is 10.1 Å². The van der Waals surface area contributed by atoms with Crippen LogP contribution in [0, 0.1) is 11.7 Å². The summed E-state index contributed by atoms with van der Waals surface area (Å²) in [5.74, 6) is -1.31. The average molecular weight is 236 g/mol. The molecule has 2 amide bonds. The Morgan fingerprint density at radius 2 is 2.00 bits per heavy atom. The second kappa shape index (κ2) is 4.16. The van der Waals surface area contributed by atoms with Crippen molar-refractivity contribution in [2.45, 2.75) is 19.4 Å². The first-order chi connectivity index (χ1) is 8.00. The van der Waals surface area contributed by atoms with Gasteiger partial charge in [0.2, 0.25) is 11.8 Å². The molecule has 1 aliphatic heterocycles. The second-order valence-electron chi connectivity index (χ2n) is 4.24. The Morgan fingerprint density at radius 1 is 1.41 bits per heavy atom. The van der Waals surface area contributed by atoms with Crippen molar-refractivity contribution in [3.8, 4) is 0 Å². The maximum absolute atomic E-state index is 12.8. The summed E-state index contributed by atoms with van der Waals surface area (Å²) in [5, 5.41) is 0. The molecule has 1 saturated heterocycles. The molecule has 1 aliphatic rings. The highest BCUT2D eigenvalue weighted by Gasteiger charge is 2.40. The van der Waals surface area contributed by atoms with Gasteiger partial charge in [-0.05, 0) is 30.7 Å². The maximum atomic E-state index is 12.8. The van der Waals surface area contributed by atoms with E-state index in [1.807, 2.05) is 0 Å². The number of halogens is 1. The van der Waals surface area contributed by atoms with E-state index in [2.05, 4.69) is 0 Å². The third-order valence-corrected chi connectivity index (χ3v) is 2.98. The molecule has 1 fully saturated rings. The van der Waals surface area contributed by atoms with E-state index in [1.165, 1.54) is 29.2 Å². The van der Waals surface area contributed by atoms with Crippen LogP contribution in [0.25, 0.3) is 0 Å². The summed E-state index contributed by atoms with van der Waals surface area (Å²) in [7, 11) is 0. The predicted octanol–water partition coefficient (Wildman–Crippen LogP) is 1.05. The molecule has 0 spiro atoms. The van der Waals surface area contributed by atoms with Crippen LogP contribution in [0.15, 0.2) is 24.3 Å². The van der Waals surface area contributed by atoms with Crippen molar-refractivity contribution < 1.29 is 14.0 Å². The van der Waals surface area contributed by atoms with Gasteiger partial charge in [0.05, 0.1) is 0 Å². The summed E-state index contributed by atoms with van der Waals surface area (Å²) in [6, 6.07) is 4.82. The number of benzene rings is 1. The summed E-state index contributed by atoms with van der Waals surface area (Å²) in [4.78, 5) is 24.6. The zero-order valence-electron chi connectivity index (χ0n) is 9.39. The molecular weight excluding hydrogens is 223 g/mol. The lowest BCUT2D eigenvalue weighted by atomic mass is 10.1. The van der Waals surface area contributed by atoms with Crippen molar-refractivity contribution in [2.75, 3.05) is 4.90 Å². The standard InChI is InChI=1S/C12H13FN2O2/c1-7-6-10(11(14)16)15(12(7)17)9-4-2-8(13)3-5-9/h2-5,7,10H,6H2,1H3,(H2,14,16)/t7-,10+/m0/s1. The molecular formula is C12H13FN2O2. The maximum Gasteiger partial charge on any atom is 0.240 e. The minimum absolute atomic E-state index is 0.152. The Labute approximate surface area is 98.2 Å². The van der Waals surface area contributed by atoms with Gasteiger partial charge in [-0.25, -0.2) is 4.39 Å². The molecule has 90 valence electrons. The Bertz CT molecular complexity index is 458. The molecule has 0 unspecified atom stereocenters. The zero-order chi connectivity index (χ0) is 12.6. The van der Waals surface area contributed by atoms with E-state index in [4.69, 9.17) is 5.73 Å². The van der Waals surface area contributed by atoms with Crippen molar-refractivity contribution in [2.24, 2.45) is 11.7 Å². The average Bonchev–Trinajstić information content (AvgIpc) is 2.57.